The van der Waals surface area contributed by atoms with Crippen LogP contribution < -0.4 is 0 Å². The lowest BCUT2D eigenvalue weighted by molar-refractivity contribution is -0.159. The first-order chi connectivity index (χ1) is 10.7. The monoisotopic (exact) mass is 322 g/mol. The second-order valence-corrected chi connectivity index (χ2v) is 7.62. The largest absolute Gasteiger partial charge is 0.466 e. The van der Waals surface area contributed by atoms with Gasteiger partial charge in [0, 0.05) is 19.8 Å². The predicted molar refractivity (Wildman–Crippen MR) is 88.7 cm³/mol. The van der Waals surface area contributed by atoms with Crippen molar-refractivity contribution in [2.24, 2.45) is 23.2 Å². The van der Waals surface area contributed by atoms with E-state index < -0.39 is 0 Å². The van der Waals surface area contributed by atoms with Gasteiger partial charge in [0.2, 0.25) is 0 Å². The number of allylic oxidation sites excluding steroid dienone is 1. The van der Waals surface area contributed by atoms with Crippen molar-refractivity contribution in [3.05, 3.63) is 12.2 Å². The minimum Gasteiger partial charge on any atom is -0.466 e. The van der Waals surface area contributed by atoms with Crippen molar-refractivity contribution >= 4 is 11.9 Å². The fourth-order valence-electron chi connectivity index (χ4n) is 4.81. The first-order valence-electron chi connectivity index (χ1n) is 8.70. The highest BCUT2D eigenvalue weighted by atomic mass is 16.5. The predicted octanol–water partition coefficient (Wildman–Crippen LogP) is 3.89. The Hall–Kier alpha value is -1.32. The fraction of sp³-hybridized carbons (Fsp3) is 0.789. The van der Waals surface area contributed by atoms with Crippen molar-refractivity contribution in [2.45, 2.75) is 65.9 Å². The average Bonchev–Trinajstić information content (AvgIpc) is 2.87. The van der Waals surface area contributed by atoms with E-state index in [1.54, 1.807) is 0 Å². The molecule has 0 amide bonds. The first kappa shape index (κ1) is 18.0. The molecule has 5 atom stereocenters. The molecule has 0 saturated heterocycles. The molecule has 0 aromatic rings. The summed E-state index contributed by atoms with van der Waals surface area (Å²) in [5.41, 5.74) is 1.43. The number of rotatable bonds is 4. The summed E-state index contributed by atoms with van der Waals surface area (Å²) in [6.45, 7) is 11.9. The van der Waals surface area contributed by atoms with Gasteiger partial charge < -0.3 is 9.47 Å². The summed E-state index contributed by atoms with van der Waals surface area (Å²) in [7, 11) is 0. The molecule has 0 unspecified atom stereocenters. The van der Waals surface area contributed by atoms with Crippen LogP contribution in [0.3, 0.4) is 0 Å². The Bertz CT molecular complexity index is 484. The number of esters is 2. The molecule has 0 N–H and O–H groups in total. The Labute approximate surface area is 139 Å². The van der Waals surface area contributed by atoms with Gasteiger partial charge >= 0.3 is 11.9 Å². The topological polar surface area (TPSA) is 52.6 Å². The highest BCUT2D eigenvalue weighted by molar-refractivity contribution is 5.66. The van der Waals surface area contributed by atoms with E-state index in [1.807, 2.05) is 0 Å². The van der Waals surface area contributed by atoms with E-state index in [-0.39, 0.29) is 29.4 Å². The molecule has 2 aliphatic rings. The summed E-state index contributed by atoms with van der Waals surface area (Å²) in [6, 6.07) is 0. The van der Waals surface area contributed by atoms with Gasteiger partial charge in [0.1, 0.15) is 6.10 Å². The van der Waals surface area contributed by atoms with Gasteiger partial charge in [-0.1, -0.05) is 19.1 Å². The molecule has 0 radical (unpaired) electrons. The molecular formula is C19H30O4. The maximum Gasteiger partial charge on any atom is 0.302 e. The molecule has 0 aliphatic heterocycles. The number of hydrogen-bond donors (Lipinski definition) is 0. The van der Waals surface area contributed by atoms with E-state index >= 15 is 0 Å². The summed E-state index contributed by atoms with van der Waals surface area (Å²) in [4.78, 5) is 22.6. The third-order valence-corrected chi connectivity index (χ3v) is 6.06. The van der Waals surface area contributed by atoms with Gasteiger partial charge in [-0.2, -0.15) is 0 Å². The van der Waals surface area contributed by atoms with Crippen molar-refractivity contribution in [2.75, 3.05) is 6.61 Å². The van der Waals surface area contributed by atoms with E-state index in [0.717, 1.165) is 32.1 Å². The molecule has 23 heavy (non-hydrogen) atoms. The van der Waals surface area contributed by atoms with Gasteiger partial charge in [0.05, 0.1) is 6.61 Å². The van der Waals surface area contributed by atoms with Crippen LogP contribution in [0, 0.1) is 23.2 Å². The molecule has 4 heteroatoms. The van der Waals surface area contributed by atoms with Crippen LogP contribution in [0.5, 0.6) is 0 Å². The molecule has 130 valence electrons. The fourth-order valence-corrected chi connectivity index (χ4v) is 4.81. The molecule has 0 bridgehead atoms. The zero-order valence-corrected chi connectivity index (χ0v) is 14.9. The van der Waals surface area contributed by atoms with E-state index in [2.05, 4.69) is 20.4 Å². The van der Waals surface area contributed by atoms with Crippen molar-refractivity contribution in [3.63, 3.8) is 0 Å². The molecule has 0 aromatic carbocycles. The molecule has 2 rings (SSSR count). The molecule has 2 saturated carbocycles. The Morgan fingerprint density at radius 2 is 1.87 bits per heavy atom. The number of carbonyl (C=O) groups is 2. The lowest BCUT2D eigenvalue weighted by Gasteiger charge is -2.48. The first-order valence-corrected chi connectivity index (χ1v) is 8.70. The van der Waals surface area contributed by atoms with Crippen LogP contribution in [0.4, 0.5) is 0 Å². The van der Waals surface area contributed by atoms with Crippen LogP contribution in [0.1, 0.15) is 59.8 Å². The van der Waals surface area contributed by atoms with Gasteiger partial charge in [0.15, 0.2) is 0 Å². The number of hydrogen-bond acceptors (Lipinski definition) is 4. The Balaban J connectivity index is 2.18. The van der Waals surface area contributed by atoms with Gasteiger partial charge in [-0.25, -0.2) is 0 Å². The zero-order chi connectivity index (χ0) is 17.2. The van der Waals surface area contributed by atoms with E-state index in [1.165, 1.54) is 19.4 Å². The van der Waals surface area contributed by atoms with Crippen molar-refractivity contribution in [1.82, 2.24) is 0 Å². The Morgan fingerprint density at radius 1 is 1.17 bits per heavy atom. The lowest BCUT2D eigenvalue weighted by Crippen LogP contribution is -2.46. The average molecular weight is 322 g/mol. The summed E-state index contributed by atoms with van der Waals surface area (Å²) in [6.07, 6.45) is 5.05. The Kier molecular flexibility index (Phi) is 5.53. The second-order valence-electron chi connectivity index (χ2n) is 7.62. The van der Waals surface area contributed by atoms with Crippen molar-refractivity contribution in [3.8, 4) is 0 Å². The SMILES string of the molecule is C=C(C)[C@@H]1CC[C@@]2(C1)[C@@H](COC(C)=O)C[C@@H](OC(C)=O)C[C@H]2C. The van der Waals surface area contributed by atoms with E-state index in [0.29, 0.717) is 18.4 Å². The third-order valence-electron chi connectivity index (χ3n) is 6.06. The molecule has 2 fully saturated rings. The molecule has 0 heterocycles. The molecular weight excluding hydrogens is 292 g/mol. The van der Waals surface area contributed by atoms with Crippen LogP contribution in [-0.2, 0) is 19.1 Å². The quantitative estimate of drug-likeness (QED) is 0.582. The molecule has 4 nitrogen and oxygen atoms in total. The zero-order valence-electron chi connectivity index (χ0n) is 14.9. The van der Waals surface area contributed by atoms with Crippen LogP contribution >= 0.6 is 0 Å². The molecule has 1 spiro atoms. The summed E-state index contributed by atoms with van der Waals surface area (Å²) >= 11 is 0. The Morgan fingerprint density at radius 3 is 2.39 bits per heavy atom. The number of ether oxygens (including phenoxy) is 2. The maximum atomic E-state index is 11.3. The minimum absolute atomic E-state index is 0.0578. The molecule has 0 aromatic heterocycles. The summed E-state index contributed by atoms with van der Waals surface area (Å²) in [5, 5.41) is 0. The summed E-state index contributed by atoms with van der Waals surface area (Å²) in [5.74, 6) is 0.796. The highest BCUT2D eigenvalue weighted by Crippen LogP contribution is 2.58. The highest BCUT2D eigenvalue weighted by Gasteiger charge is 2.52. The van der Waals surface area contributed by atoms with Crippen molar-refractivity contribution in [1.29, 1.82) is 0 Å². The summed E-state index contributed by atoms with van der Waals surface area (Å²) < 4.78 is 10.8. The third kappa shape index (κ3) is 3.96. The van der Waals surface area contributed by atoms with E-state index in [9.17, 15) is 9.59 Å². The minimum atomic E-state index is -0.239. The van der Waals surface area contributed by atoms with Gasteiger partial charge in [-0.3, -0.25) is 9.59 Å². The van der Waals surface area contributed by atoms with Crippen molar-refractivity contribution < 1.29 is 19.1 Å². The van der Waals surface area contributed by atoms with Crippen LogP contribution in [0.15, 0.2) is 12.2 Å². The second kappa shape index (κ2) is 7.06. The van der Waals surface area contributed by atoms with E-state index in [4.69, 9.17) is 9.47 Å². The van der Waals surface area contributed by atoms with Gasteiger partial charge in [-0.05, 0) is 56.3 Å². The van der Waals surface area contributed by atoms with Gasteiger partial charge in [0.25, 0.3) is 0 Å². The van der Waals surface area contributed by atoms with Gasteiger partial charge in [-0.15, -0.1) is 0 Å². The normalized spacial score (nSPS) is 36.7. The van der Waals surface area contributed by atoms with Crippen LogP contribution in [0.25, 0.3) is 0 Å². The van der Waals surface area contributed by atoms with Crippen LogP contribution in [-0.4, -0.2) is 24.6 Å². The maximum absolute atomic E-state index is 11.3. The molecule has 2 aliphatic carbocycles. The lowest BCUT2D eigenvalue weighted by atomic mass is 9.58. The smallest absolute Gasteiger partial charge is 0.302 e. The number of carbonyl (C=O) groups excluding carboxylic acids is 2. The standard InChI is InChI=1S/C19H30O4/c1-12(2)16-6-7-19(10-16)13(3)8-18(23-15(5)21)9-17(19)11-22-14(4)20/h13,16-18H,1,6-11H2,2-5H3/t13-,16-,17-,18+,19+/m1/s1. The van der Waals surface area contributed by atoms with Crippen LogP contribution in [0.2, 0.25) is 0 Å².